The van der Waals surface area contributed by atoms with Crippen LogP contribution in [-0.2, 0) is 16.0 Å². The van der Waals surface area contributed by atoms with Gasteiger partial charge in [-0.05, 0) is 55.3 Å². The predicted molar refractivity (Wildman–Crippen MR) is 135 cm³/mol. The summed E-state index contributed by atoms with van der Waals surface area (Å²) < 4.78 is 0. The van der Waals surface area contributed by atoms with Gasteiger partial charge in [-0.15, -0.1) is 22.9 Å². The minimum Gasteiger partial charge on any atom is -0.339 e. The maximum atomic E-state index is 13.1. The van der Waals surface area contributed by atoms with E-state index in [1.165, 1.54) is 21.6 Å². The molecule has 1 aromatic carbocycles. The molecule has 0 spiro atoms. The first kappa shape index (κ1) is 24.2. The molecule has 1 aromatic heterocycles. The van der Waals surface area contributed by atoms with Crippen LogP contribution in [0.1, 0.15) is 47.9 Å². The average molecular weight is 488 g/mol. The van der Waals surface area contributed by atoms with Crippen molar-refractivity contribution in [3.05, 3.63) is 57.3 Å². The Morgan fingerprint density at radius 1 is 1.03 bits per heavy atom. The van der Waals surface area contributed by atoms with Crippen LogP contribution in [0.25, 0.3) is 0 Å². The molecule has 1 unspecified atom stereocenters. The number of alkyl halides is 1. The summed E-state index contributed by atoms with van der Waals surface area (Å²) in [6.07, 6.45) is 1.55. The molecule has 5 nitrogen and oxygen atoms in total. The van der Waals surface area contributed by atoms with Gasteiger partial charge in [-0.25, -0.2) is 0 Å². The summed E-state index contributed by atoms with van der Waals surface area (Å²) in [7, 11) is 0. The second-order valence-corrected chi connectivity index (χ2v) is 11.1. The smallest absolute Gasteiger partial charge is 0.229 e. The molecule has 0 radical (unpaired) electrons. The number of thiophene rings is 1. The molecule has 2 amide bonds. The topological polar surface area (TPSA) is 43.9 Å². The summed E-state index contributed by atoms with van der Waals surface area (Å²) in [5.41, 5.74) is 3.45. The first-order chi connectivity index (χ1) is 15.8. The van der Waals surface area contributed by atoms with E-state index in [1.807, 2.05) is 35.0 Å². The first-order valence-corrected chi connectivity index (χ1v) is 13.2. The lowest BCUT2D eigenvalue weighted by molar-refractivity contribution is -0.144. The molecule has 1 saturated heterocycles. The number of hydrogen-bond acceptors (Lipinski definition) is 4. The minimum atomic E-state index is -0.562. The number of carbonyl (C=O) groups excluding carboxylic acids is 2. The predicted octanol–water partition coefficient (Wildman–Crippen LogP) is 4.33. The van der Waals surface area contributed by atoms with Crippen LogP contribution < -0.4 is 0 Å². The highest BCUT2D eigenvalue weighted by atomic mass is 35.5. The Hall–Kier alpha value is -1.89. The highest BCUT2D eigenvalue weighted by molar-refractivity contribution is 7.10. The monoisotopic (exact) mass is 487 g/mol. The Bertz CT molecular complexity index is 997. The molecule has 1 atom stereocenters. The summed E-state index contributed by atoms with van der Waals surface area (Å²) in [5.74, 6) is 0.554. The molecule has 0 saturated carbocycles. The number of amides is 2. The summed E-state index contributed by atoms with van der Waals surface area (Å²) in [6, 6.07) is 11.1. The van der Waals surface area contributed by atoms with Gasteiger partial charge in [-0.3, -0.25) is 14.5 Å². The van der Waals surface area contributed by atoms with Crippen LogP contribution in [0.2, 0.25) is 0 Å². The number of benzene rings is 1. The highest BCUT2D eigenvalue weighted by Gasteiger charge is 2.34. The van der Waals surface area contributed by atoms with Crippen LogP contribution in [0.15, 0.2) is 35.7 Å². The molecule has 0 bridgehead atoms. The van der Waals surface area contributed by atoms with Gasteiger partial charge in [-0.1, -0.05) is 24.3 Å². The van der Waals surface area contributed by atoms with Gasteiger partial charge in [0, 0.05) is 56.4 Å². The van der Waals surface area contributed by atoms with Crippen molar-refractivity contribution in [1.82, 2.24) is 14.7 Å². The molecule has 3 heterocycles. The number of fused-ring (bicyclic) bond motifs is 1. The second-order valence-electron chi connectivity index (χ2n) is 9.78. The molecule has 33 heavy (non-hydrogen) atoms. The molecule has 2 aromatic rings. The summed E-state index contributed by atoms with van der Waals surface area (Å²) in [6.45, 7) is 9.99. The molecule has 0 N–H and O–H groups in total. The fraction of sp³-hybridized carbons (Fsp3) is 0.538. The van der Waals surface area contributed by atoms with E-state index >= 15 is 0 Å². The van der Waals surface area contributed by atoms with Gasteiger partial charge in [0.1, 0.15) is 0 Å². The number of piperazine rings is 1. The SMILES string of the molecule is Cc1ccccc1C1c2ccsc2CCN1CCC(=O)N1CCN(C(=O)C(C)(C)CCl)CC1. The molecule has 2 aliphatic heterocycles. The van der Waals surface area contributed by atoms with E-state index in [0.29, 0.717) is 38.5 Å². The largest absolute Gasteiger partial charge is 0.339 e. The van der Waals surface area contributed by atoms with E-state index < -0.39 is 5.41 Å². The lowest BCUT2D eigenvalue weighted by Gasteiger charge is -2.39. The van der Waals surface area contributed by atoms with Crippen LogP contribution in [0.3, 0.4) is 0 Å². The Morgan fingerprint density at radius 2 is 1.73 bits per heavy atom. The van der Waals surface area contributed by atoms with Crippen molar-refractivity contribution >= 4 is 34.8 Å². The summed E-state index contributed by atoms with van der Waals surface area (Å²) in [4.78, 5) is 33.4. The Morgan fingerprint density at radius 3 is 2.42 bits per heavy atom. The zero-order valence-electron chi connectivity index (χ0n) is 19.8. The molecular weight excluding hydrogens is 454 g/mol. The lowest BCUT2D eigenvalue weighted by Crippen LogP contribution is -2.54. The first-order valence-electron chi connectivity index (χ1n) is 11.8. The normalized spacial score (nSPS) is 19.5. The standard InChI is InChI=1S/C26H34ClN3O2S/c1-19-6-4-5-7-20(19)24-21-10-17-33-22(21)8-11-29(24)12-9-23(31)28-13-15-30(16-14-28)25(32)26(2,3)18-27/h4-7,10,17,24H,8-9,11-16,18H2,1-3H3. The maximum absolute atomic E-state index is 13.1. The zero-order valence-corrected chi connectivity index (χ0v) is 21.4. The van der Waals surface area contributed by atoms with E-state index in [9.17, 15) is 9.59 Å². The highest BCUT2D eigenvalue weighted by Crippen LogP contribution is 2.38. The maximum Gasteiger partial charge on any atom is 0.229 e. The van der Waals surface area contributed by atoms with Gasteiger partial charge >= 0.3 is 0 Å². The van der Waals surface area contributed by atoms with Crippen LogP contribution in [0, 0.1) is 12.3 Å². The van der Waals surface area contributed by atoms with Crippen molar-refractivity contribution < 1.29 is 9.59 Å². The van der Waals surface area contributed by atoms with Crippen molar-refractivity contribution in [2.45, 2.75) is 39.7 Å². The van der Waals surface area contributed by atoms with Gasteiger partial charge in [-0.2, -0.15) is 0 Å². The number of nitrogens with zero attached hydrogens (tertiary/aromatic N) is 3. The molecule has 178 valence electrons. The molecule has 1 fully saturated rings. The van der Waals surface area contributed by atoms with Crippen molar-refractivity contribution in [2.24, 2.45) is 5.41 Å². The van der Waals surface area contributed by atoms with Crippen LogP contribution in [0.5, 0.6) is 0 Å². The van der Waals surface area contributed by atoms with E-state index in [0.717, 1.165) is 19.5 Å². The Labute approximate surface area is 206 Å². The third-order valence-corrected chi connectivity index (χ3v) is 8.66. The van der Waals surface area contributed by atoms with E-state index in [-0.39, 0.29) is 17.9 Å². The van der Waals surface area contributed by atoms with E-state index in [4.69, 9.17) is 11.6 Å². The van der Waals surface area contributed by atoms with Crippen molar-refractivity contribution in [2.75, 3.05) is 45.1 Å². The third-order valence-electron chi connectivity index (χ3n) is 6.99. The van der Waals surface area contributed by atoms with E-state index in [2.05, 4.69) is 47.5 Å². The molecule has 2 aliphatic rings. The van der Waals surface area contributed by atoms with Gasteiger partial charge in [0.15, 0.2) is 0 Å². The fourth-order valence-electron chi connectivity index (χ4n) is 4.91. The molecular formula is C26H34ClN3O2S. The fourth-order valence-corrected chi connectivity index (χ4v) is 5.93. The lowest BCUT2D eigenvalue weighted by atomic mass is 9.90. The van der Waals surface area contributed by atoms with Gasteiger partial charge < -0.3 is 9.80 Å². The minimum absolute atomic E-state index is 0.0746. The Balaban J connectivity index is 1.38. The van der Waals surface area contributed by atoms with Crippen molar-refractivity contribution in [1.29, 1.82) is 0 Å². The quantitative estimate of drug-likeness (QED) is 0.569. The van der Waals surface area contributed by atoms with Gasteiger partial charge in [0.2, 0.25) is 11.8 Å². The summed E-state index contributed by atoms with van der Waals surface area (Å²) >= 11 is 7.82. The van der Waals surface area contributed by atoms with Crippen molar-refractivity contribution in [3.8, 4) is 0 Å². The number of aryl methyl sites for hydroxylation is 1. The number of rotatable bonds is 6. The zero-order chi connectivity index (χ0) is 23.6. The number of carbonyl (C=O) groups is 2. The number of hydrogen-bond donors (Lipinski definition) is 0. The molecule has 4 rings (SSSR count). The van der Waals surface area contributed by atoms with Crippen LogP contribution in [-0.4, -0.2) is 71.7 Å². The number of halogens is 1. The summed E-state index contributed by atoms with van der Waals surface area (Å²) in [5, 5.41) is 2.19. The third kappa shape index (κ3) is 5.13. The van der Waals surface area contributed by atoms with Crippen molar-refractivity contribution in [3.63, 3.8) is 0 Å². The van der Waals surface area contributed by atoms with Crippen LogP contribution in [0.4, 0.5) is 0 Å². The molecule has 7 heteroatoms. The second kappa shape index (κ2) is 10.2. The van der Waals surface area contributed by atoms with Gasteiger partial charge in [0.25, 0.3) is 0 Å². The Kier molecular flexibility index (Phi) is 7.46. The molecule has 0 aliphatic carbocycles. The van der Waals surface area contributed by atoms with E-state index in [1.54, 1.807) is 0 Å². The van der Waals surface area contributed by atoms with Crippen LogP contribution >= 0.6 is 22.9 Å². The average Bonchev–Trinajstić information content (AvgIpc) is 3.31. The van der Waals surface area contributed by atoms with Gasteiger partial charge in [0.05, 0.1) is 11.5 Å².